The van der Waals surface area contributed by atoms with Gasteiger partial charge in [0.1, 0.15) is 0 Å². The molecule has 3 aromatic heterocycles. The summed E-state index contributed by atoms with van der Waals surface area (Å²) in [6.45, 7) is 4.87. The van der Waals surface area contributed by atoms with Crippen LogP contribution in [0.2, 0.25) is 0 Å². The van der Waals surface area contributed by atoms with Crippen LogP contribution in [0.4, 0.5) is 0 Å². The molecule has 12 aromatic rings. The molecule has 0 fully saturated rings. The van der Waals surface area contributed by atoms with Gasteiger partial charge in [0, 0.05) is 37.9 Å². The second-order valence-corrected chi connectivity index (χ2v) is 16.0. The number of hydrogen-bond donors (Lipinski definition) is 0. The first-order valence-corrected chi connectivity index (χ1v) is 19.4. The molecule has 3 heterocycles. The highest BCUT2D eigenvalue weighted by atomic mass is 15.0. The summed E-state index contributed by atoms with van der Waals surface area (Å²) in [5.74, 6) is 0. The summed E-state index contributed by atoms with van der Waals surface area (Å²) in [5.41, 5.74) is 15.2. The van der Waals surface area contributed by atoms with Crippen LogP contribution in [-0.2, 0) is 5.41 Å². The van der Waals surface area contributed by atoms with Gasteiger partial charge in [-0.25, -0.2) is 0 Å². The van der Waals surface area contributed by atoms with Crippen LogP contribution in [0.25, 0.3) is 109 Å². The van der Waals surface area contributed by atoms with Crippen molar-refractivity contribution in [1.82, 2.24) is 8.97 Å². The quantitative estimate of drug-likeness (QED) is 0.159. The van der Waals surface area contributed by atoms with E-state index in [9.17, 15) is 0 Å². The van der Waals surface area contributed by atoms with Gasteiger partial charge in [0.2, 0.25) is 0 Å². The molecule has 0 saturated carbocycles. The maximum Gasteiger partial charge on any atom is 0.0619 e. The Morgan fingerprint density at radius 2 is 1.07 bits per heavy atom. The topological polar surface area (TPSA) is 9.34 Å². The molecule has 0 spiro atoms. The third-order valence-electron chi connectivity index (χ3n) is 13.0. The first-order valence-electron chi connectivity index (χ1n) is 19.4. The van der Waals surface area contributed by atoms with Gasteiger partial charge in [-0.2, -0.15) is 0 Å². The summed E-state index contributed by atoms with van der Waals surface area (Å²) < 4.78 is 5.22. The van der Waals surface area contributed by atoms with E-state index >= 15 is 0 Å². The van der Waals surface area contributed by atoms with Crippen molar-refractivity contribution < 1.29 is 0 Å². The largest absolute Gasteiger partial charge is 0.308 e. The average molecular weight is 699 g/mol. The zero-order valence-electron chi connectivity index (χ0n) is 30.6. The van der Waals surface area contributed by atoms with Crippen molar-refractivity contribution in [3.8, 4) is 27.9 Å². The molecule has 0 saturated heterocycles. The molecule has 0 atom stereocenters. The van der Waals surface area contributed by atoms with E-state index in [-0.39, 0.29) is 5.41 Å². The van der Waals surface area contributed by atoms with Gasteiger partial charge in [0.15, 0.2) is 0 Å². The molecule has 0 unspecified atom stereocenters. The molecule has 55 heavy (non-hydrogen) atoms. The lowest BCUT2D eigenvalue weighted by Crippen LogP contribution is -2.16. The van der Waals surface area contributed by atoms with Crippen molar-refractivity contribution in [2.45, 2.75) is 19.3 Å². The lowest BCUT2D eigenvalue weighted by Gasteiger charge is -2.25. The normalized spacial score (nSPS) is 13.8. The summed E-state index contributed by atoms with van der Waals surface area (Å²) in [6.07, 6.45) is 0. The predicted molar refractivity (Wildman–Crippen MR) is 233 cm³/mol. The van der Waals surface area contributed by atoms with E-state index in [1.165, 1.54) is 121 Å². The monoisotopic (exact) mass is 698 g/mol. The molecule has 1 aliphatic rings. The maximum atomic E-state index is 2.66. The van der Waals surface area contributed by atoms with Gasteiger partial charge < -0.3 is 8.97 Å². The fourth-order valence-electron chi connectivity index (χ4n) is 10.7. The predicted octanol–water partition coefficient (Wildman–Crippen LogP) is 14.2. The molecule has 9 aromatic carbocycles. The Hall–Kier alpha value is -6.90. The van der Waals surface area contributed by atoms with Gasteiger partial charge >= 0.3 is 0 Å². The Kier molecular flexibility index (Phi) is 5.47. The third-order valence-corrected chi connectivity index (χ3v) is 13.0. The Morgan fingerprint density at radius 3 is 1.96 bits per heavy atom. The first-order chi connectivity index (χ1) is 27.1. The van der Waals surface area contributed by atoms with E-state index in [4.69, 9.17) is 0 Å². The minimum absolute atomic E-state index is 0.229. The Bertz CT molecular complexity index is 3610. The molecule has 0 radical (unpaired) electrons. The van der Waals surface area contributed by atoms with Gasteiger partial charge in [-0.05, 0) is 91.1 Å². The van der Waals surface area contributed by atoms with Crippen LogP contribution in [0.1, 0.15) is 25.0 Å². The molecule has 13 rings (SSSR count). The van der Waals surface area contributed by atoms with Crippen molar-refractivity contribution in [1.29, 1.82) is 0 Å². The third kappa shape index (κ3) is 3.60. The Morgan fingerprint density at radius 1 is 0.400 bits per heavy atom. The molecule has 0 N–H and O–H groups in total. The van der Waals surface area contributed by atoms with Gasteiger partial charge in [0.25, 0.3) is 0 Å². The second-order valence-electron chi connectivity index (χ2n) is 16.0. The number of fused-ring (bicyclic) bond motifs is 12. The Labute approximate surface area is 317 Å². The molecule has 0 bridgehead atoms. The van der Waals surface area contributed by atoms with E-state index in [1.54, 1.807) is 0 Å². The summed E-state index contributed by atoms with van der Waals surface area (Å²) in [7, 11) is 0. The number of para-hydroxylation sites is 2. The highest BCUT2D eigenvalue weighted by Crippen LogP contribution is 2.56. The van der Waals surface area contributed by atoms with Crippen molar-refractivity contribution >= 4 is 81.4 Å². The van der Waals surface area contributed by atoms with Crippen LogP contribution in [0.5, 0.6) is 0 Å². The Balaban J connectivity index is 1.35. The summed E-state index contributed by atoms with van der Waals surface area (Å²) in [6, 6.07) is 63.8. The molecule has 2 heteroatoms. The van der Waals surface area contributed by atoms with Crippen LogP contribution < -0.4 is 0 Å². The number of rotatable bonds is 2. The number of nitrogens with zero attached hydrogens (tertiary/aromatic N) is 2. The zero-order valence-corrected chi connectivity index (χ0v) is 30.6. The maximum absolute atomic E-state index is 2.66. The summed E-state index contributed by atoms with van der Waals surface area (Å²) >= 11 is 0. The molecule has 1 aliphatic carbocycles. The van der Waals surface area contributed by atoms with Crippen molar-refractivity contribution in [2.75, 3.05) is 0 Å². The fraction of sp³-hybridized carbons (Fsp3) is 0.0566. The van der Waals surface area contributed by atoms with Gasteiger partial charge in [-0.15, -0.1) is 0 Å². The van der Waals surface area contributed by atoms with E-state index in [0.29, 0.717) is 0 Å². The van der Waals surface area contributed by atoms with Crippen LogP contribution in [-0.4, -0.2) is 8.97 Å². The van der Waals surface area contributed by atoms with E-state index in [1.807, 2.05) is 0 Å². The van der Waals surface area contributed by atoms with Crippen LogP contribution in [0.15, 0.2) is 170 Å². The highest BCUT2D eigenvalue weighted by Gasteiger charge is 2.40. The average Bonchev–Trinajstić information content (AvgIpc) is 3.80. The zero-order chi connectivity index (χ0) is 36.2. The van der Waals surface area contributed by atoms with Gasteiger partial charge in [-0.1, -0.05) is 147 Å². The lowest BCUT2D eigenvalue weighted by atomic mass is 9.81. The SMILES string of the molecule is CC1(C)c2ccccc2-c2cc3c4cccc5c6ccccc6n(c6cccc7c6c3c(c21)n7-c1cc2c(ccc3ccccc32)cc1-c1ccccc1)c45. The molecule has 0 aliphatic heterocycles. The summed E-state index contributed by atoms with van der Waals surface area (Å²) in [5, 5.41) is 12.9. The fourth-order valence-corrected chi connectivity index (χ4v) is 10.7. The van der Waals surface area contributed by atoms with E-state index in [0.717, 1.165) is 0 Å². The summed E-state index contributed by atoms with van der Waals surface area (Å²) in [4.78, 5) is 0. The van der Waals surface area contributed by atoms with Crippen molar-refractivity contribution in [3.05, 3.63) is 181 Å². The van der Waals surface area contributed by atoms with E-state index < -0.39 is 0 Å². The second kappa shape index (κ2) is 10.2. The van der Waals surface area contributed by atoms with Crippen molar-refractivity contribution in [2.24, 2.45) is 0 Å². The smallest absolute Gasteiger partial charge is 0.0619 e. The lowest BCUT2D eigenvalue weighted by molar-refractivity contribution is 0.664. The molecular formula is C53H34N2. The van der Waals surface area contributed by atoms with Gasteiger partial charge in [0.05, 0.1) is 33.3 Å². The molecule has 256 valence electrons. The van der Waals surface area contributed by atoms with Crippen LogP contribution in [0.3, 0.4) is 0 Å². The van der Waals surface area contributed by atoms with Crippen LogP contribution in [0, 0.1) is 0 Å². The molecular weight excluding hydrogens is 665 g/mol. The number of aromatic nitrogens is 2. The molecule has 2 nitrogen and oxygen atoms in total. The van der Waals surface area contributed by atoms with E-state index in [2.05, 4.69) is 193 Å². The number of hydrogen-bond acceptors (Lipinski definition) is 0. The minimum atomic E-state index is -0.229. The van der Waals surface area contributed by atoms with Crippen LogP contribution >= 0.6 is 0 Å². The van der Waals surface area contributed by atoms with Crippen molar-refractivity contribution in [3.63, 3.8) is 0 Å². The first kappa shape index (κ1) is 29.5. The minimum Gasteiger partial charge on any atom is -0.308 e. The number of benzene rings is 9. The van der Waals surface area contributed by atoms with Gasteiger partial charge in [-0.3, -0.25) is 0 Å². The highest BCUT2D eigenvalue weighted by molar-refractivity contribution is 6.33. The standard InChI is InChI=1S/C53H34N2/c1-53(2)43-22-10-8-18-35(43)42-29-41-38-21-12-20-37-36-19-9-11-23-44(36)54(51(37)38)45-24-13-25-46-49(45)48(41)52(50(42)53)55(46)47-30-39-33(27-26-32-16-6-7-17-34(32)39)28-40(47)31-14-4-3-5-15-31/h3-30H,1-2H3. The molecule has 0 amide bonds.